The number of carbonyl (C=O) groups is 1. The van der Waals surface area contributed by atoms with Crippen molar-refractivity contribution in [1.82, 2.24) is 9.80 Å². The lowest BCUT2D eigenvalue weighted by Gasteiger charge is -2.56. The van der Waals surface area contributed by atoms with Crippen LogP contribution in [0, 0.1) is 0 Å². The maximum atomic E-state index is 13.1. The molecule has 2 aromatic rings. The van der Waals surface area contributed by atoms with Gasteiger partial charge in [0.2, 0.25) is 5.91 Å². The summed E-state index contributed by atoms with van der Waals surface area (Å²) in [5.74, 6) is 0.304. The van der Waals surface area contributed by atoms with Crippen LogP contribution in [-0.4, -0.2) is 53.5 Å². The molecule has 5 heteroatoms. The summed E-state index contributed by atoms with van der Waals surface area (Å²) in [6.07, 6.45) is 1.95. The second-order valence-electron chi connectivity index (χ2n) is 8.00. The van der Waals surface area contributed by atoms with Crippen molar-refractivity contribution in [3.05, 3.63) is 65.2 Å². The molecule has 0 aromatic heterocycles. The normalized spacial score (nSPS) is 27.1. The van der Waals surface area contributed by atoms with Gasteiger partial charge in [0.25, 0.3) is 0 Å². The maximum absolute atomic E-state index is 13.1. The van der Waals surface area contributed by atoms with Crippen molar-refractivity contribution < 1.29 is 9.90 Å². The van der Waals surface area contributed by atoms with E-state index in [0.29, 0.717) is 6.42 Å². The zero-order valence-electron chi connectivity index (χ0n) is 15.9. The predicted octanol–water partition coefficient (Wildman–Crippen LogP) is 1.88. The van der Waals surface area contributed by atoms with Crippen molar-refractivity contribution >= 4 is 5.91 Å². The lowest BCUT2D eigenvalue weighted by atomic mass is 9.66. The minimum Gasteiger partial charge on any atom is -0.508 e. The van der Waals surface area contributed by atoms with Crippen molar-refractivity contribution in [2.75, 3.05) is 20.6 Å². The molecular weight excluding hydrogens is 338 g/mol. The number of likely N-dealkylation sites (tertiary alicyclic amines) is 1. The van der Waals surface area contributed by atoms with Gasteiger partial charge in [0, 0.05) is 19.6 Å². The first kappa shape index (κ1) is 18.0. The summed E-state index contributed by atoms with van der Waals surface area (Å²) in [5.41, 5.74) is 9.50. The Morgan fingerprint density at radius 1 is 1.30 bits per heavy atom. The SMILES string of the molecule is CN1CC[C@]2(N)c3cc(O)ccc3C[C@@H]1[C@H]2N(C)C(=O)Cc1ccccc1. The highest BCUT2D eigenvalue weighted by atomic mass is 16.3. The Labute approximate surface area is 160 Å². The number of benzene rings is 2. The fraction of sp³-hybridized carbons (Fsp3) is 0.409. The first-order valence-corrected chi connectivity index (χ1v) is 9.51. The Morgan fingerprint density at radius 3 is 2.78 bits per heavy atom. The summed E-state index contributed by atoms with van der Waals surface area (Å²) in [7, 11) is 3.98. The van der Waals surface area contributed by atoms with Crippen LogP contribution < -0.4 is 5.73 Å². The number of aromatic hydroxyl groups is 1. The van der Waals surface area contributed by atoms with Crippen molar-refractivity contribution in [2.45, 2.75) is 36.9 Å². The van der Waals surface area contributed by atoms with Gasteiger partial charge >= 0.3 is 0 Å². The molecule has 3 N–H and O–H groups in total. The van der Waals surface area contributed by atoms with E-state index < -0.39 is 5.54 Å². The summed E-state index contributed by atoms with van der Waals surface area (Å²) in [6, 6.07) is 15.4. The Kier molecular flexibility index (Phi) is 4.44. The molecule has 27 heavy (non-hydrogen) atoms. The number of fused-ring (bicyclic) bond motifs is 4. The summed E-state index contributed by atoms with van der Waals surface area (Å²) < 4.78 is 0. The van der Waals surface area contributed by atoms with Crippen LogP contribution in [0.15, 0.2) is 48.5 Å². The van der Waals surface area contributed by atoms with E-state index in [1.165, 1.54) is 5.56 Å². The standard InChI is InChI=1S/C22H27N3O2/c1-24-11-10-22(23)18-14-17(26)9-8-16(18)13-19(24)21(22)25(2)20(27)12-15-6-4-3-5-7-15/h3-9,14,19,21,26H,10-13,23H2,1-2H3/t19-,21-,22+/m1/s1. The van der Waals surface area contributed by atoms with E-state index in [0.717, 1.165) is 30.5 Å². The third kappa shape index (κ3) is 3.01. The molecule has 0 spiro atoms. The van der Waals surface area contributed by atoms with E-state index >= 15 is 0 Å². The highest BCUT2D eigenvalue weighted by molar-refractivity contribution is 5.79. The van der Waals surface area contributed by atoms with Crippen LogP contribution in [0.3, 0.4) is 0 Å². The van der Waals surface area contributed by atoms with E-state index in [1.54, 1.807) is 12.1 Å². The molecule has 0 radical (unpaired) electrons. The van der Waals surface area contributed by atoms with Crippen LogP contribution in [0.1, 0.15) is 23.1 Å². The molecule has 4 rings (SSSR count). The summed E-state index contributed by atoms with van der Waals surface area (Å²) in [6.45, 7) is 0.882. The Hall–Kier alpha value is -2.37. The van der Waals surface area contributed by atoms with Crippen LogP contribution in [0.5, 0.6) is 5.75 Å². The fourth-order valence-electron chi connectivity index (χ4n) is 4.88. The Balaban J connectivity index is 1.69. The van der Waals surface area contributed by atoms with Gasteiger partial charge in [0.05, 0.1) is 18.0 Å². The average molecular weight is 365 g/mol. The molecule has 1 aliphatic carbocycles. The number of phenolic OH excluding ortho intramolecular Hbond substituents is 1. The molecule has 1 heterocycles. The van der Waals surface area contributed by atoms with E-state index in [9.17, 15) is 9.90 Å². The first-order chi connectivity index (χ1) is 12.9. The predicted molar refractivity (Wildman–Crippen MR) is 105 cm³/mol. The number of likely N-dealkylation sites (N-methyl/N-ethyl adjacent to an activating group) is 2. The number of hydrogen-bond donors (Lipinski definition) is 2. The monoisotopic (exact) mass is 365 g/mol. The molecule has 2 bridgehead atoms. The summed E-state index contributed by atoms with van der Waals surface area (Å²) in [4.78, 5) is 17.2. The van der Waals surface area contributed by atoms with Crippen LogP contribution >= 0.6 is 0 Å². The second kappa shape index (κ2) is 6.66. The quantitative estimate of drug-likeness (QED) is 0.871. The van der Waals surface area contributed by atoms with E-state index in [2.05, 4.69) is 11.9 Å². The van der Waals surface area contributed by atoms with Gasteiger partial charge in [-0.2, -0.15) is 0 Å². The number of carbonyl (C=O) groups excluding carboxylic acids is 1. The first-order valence-electron chi connectivity index (χ1n) is 9.51. The maximum Gasteiger partial charge on any atom is 0.227 e. The molecule has 1 saturated heterocycles. The van der Waals surface area contributed by atoms with Crippen LogP contribution in [0.25, 0.3) is 0 Å². The van der Waals surface area contributed by atoms with Gasteiger partial charge in [-0.15, -0.1) is 0 Å². The Morgan fingerprint density at radius 2 is 2.04 bits per heavy atom. The minimum absolute atomic E-state index is 0.0740. The van der Waals surface area contributed by atoms with E-state index in [-0.39, 0.29) is 23.7 Å². The van der Waals surface area contributed by atoms with Gasteiger partial charge < -0.3 is 20.6 Å². The zero-order chi connectivity index (χ0) is 19.2. The van der Waals surface area contributed by atoms with E-state index in [4.69, 9.17) is 5.73 Å². The lowest BCUT2D eigenvalue weighted by Crippen LogP contribution is -2.71. The molecule has 2 aliphatic rings. The van der Waals surface area contributed by atoms with Crippen molar-refractivity contribution in [3.8, 4) is 5.75 Å². The number of piperidine rings is 1. The van der Waals surface area contributed by atoms with Crippen molar-refractivity contribution in [2.24, 2.45) is 5.73 Å². The highest BCUT2D eigenvalue weighted by Gasteiger charge is 2.53. The van der Waals surface area contributed by atoms with Crippen LogP contribution in [0.2, 0.25) is 0 Å². The second-order valence-corrected chi connectivity index (χ2v) is 8.00. The average Bonchev–Trinajstić information content (AvgIpc) is 2.66. The molecule has 1 aliphatic heterocycles. The van der Waals surface area contributed by atoms with Crippen molar-refractivity contribution in [3.63, 3.8) is 0 Å². The van der Waals surface area contributed by atoms with Gasteiger partial charge in [-0.25, -0.2) is 0 Å². The van der Waals surface area contributed by atoms with Gasteiger partial charge in [-0.3, -0.25) is 4.79 Å². The molecule has 0 unspecified atom stereocenters. The fourth-order valence-corrected chi connectivity index (χ4v) is 4.88. The third-order valence-corrected chi connectivity index (χ3v) is 6.37. The Bertz CT molecular complexity index is 854. The number of nitrogens with two attached hydrogens (primary N) is 1. The number of rotatable bonds is 3. The van der Waals surface area contributed by atoms with Gasteiger partial charge in [0.15, 0.2) is 0 Å². The molecule has 1 fully saturated rings. The van der Waals surface area contributed by atoms with Gasteiger partial charge in [-0.05, 0) is 48.7 Å². The molecule has 5 nitrogen and oxygen atoms in total. The number of nitrogens with zero attached hydrogens (tertiary/aromatic N) is 2. The lowest BCUT2D eigenvalue weighted by molar-refractivity contribution is -0.136. The largest absolute Gasteiger partial charge is 0.508 e. The molecule has 1 amide bonds. The molecular formula is C22H27N3O2. The molecule has 142 valence electrons. The molecule has 0 saturated carbocycles. The number of phenols is 1. The number of amides is 1. The smallest absolute Gasteiger partial charge is 0.227 e. The molecule has 2 aromatic carbocycles. The minimum atomic E-state index is -0.648. The molecule has 3 atom stereocenters. The summed E-state index contributed by atoms with van der Waals surface area (Å²) in [5, 5.41) is 10.0. The van der Waals surface area contributed by atoms with Crippen molar-refractivity contribution in [1.29, 1.82) is 0 Å². The van der Waals surface area contributed by atoms with Gasteiger partial charge in [0.1, 0.15) is 5.75 Å². The van der Waals surface area contributed by atoms with E-state index in [1.807, 2.05) is 48.3 Å². The third-order valence-electron chi connectivity index (χ3n) is 6.37. The van der Waals surface area contributed by atoms with Crippen LogP contribution in [0.4, 0.5) is 0 Å². The van der Waals surface area contributed by atoms with Crippen LogP contribution in [-0.2, 0) is 23.2 Å². The highest BCUT2D eigenvalue weighted by Crippen LogP contribution is 2.44. The summed E-state index contributed by atoms with van der Waals surface area (Å²) >= 11 is 0. The topological polar surface area (TPSA) is 69.8 Å². The number of hydrogen-bond acceptors (Lipinski definition) is 4. The zero-order valence-corrected chi connectivity index (χ0v) is 15.9. The van der Waals surface area contributed by atoms with Gasteiger partial charge in [-0.1, -0.05) is 36.4 Å².